The zero-order valence-electron chi connectivity index (χ0n) is 9.77. The van der Waals surface area contributed by atoms with Gasteiger partial charge in [0.25, 0.3) is 0 Å². The number of hydrogen-bond donors (Lipinski definition) is 1. The van der Waals surface area contributed by atoms with E-state index < -0.39 is 5.97 Å². The number of benzene rings is 1. The summed E-state index contributed by atoms with van der Waals surface area (Å²) in [6.07, 6.45) is 1.15. The summed E-state index contributed by atoms with van der Waals surface area (Å²) in [6.45, 7) is 4.01. The number of carbonyl (C=O) groups is 1. The lowest BCUT2D eigenvalue weighted by molar-refractivity contribution is -0.139. The van der Waals surface area contributed by atoms with Gasteiger partial charge in [0, 0.05) is 4.90 Å². The van der Waals surface area contributed by atoms with Crippen molar-refractivity contribution in [2.45, 2.75) is 31.6 Å². The van der Waals surface area contributed by atoms with Gasteiger partial charge in [-0.1, -0.05) is 32.0 Å². The third-order valence-electron chi connectivity index (χ3n) is 2.42. The summed E-state index contributed by atoms with van der Waals surface area (Å²) in [5.74, 6) is 0.249. The van der Waals surface area contributed by atoms with Gasteiger partial charge in [-0.15, -0.1) is 11.8 Å². The standard InChI is InChI=1S/C13H18O2S/c1-13(2,10-12(14)15)8-9-16-11-6-4-3-5-7-11/h3-7H,8-10H2,1-2H3,(H,14,15). The maximum absolute atomic E-state index is 10.6. The molecule has 3 heteroatoms. The highest BCUT2D eigenvalue weighted by Crippen LogP contribution is 2.29. The van der Waals surface area contributed by atoms with Crippen molar-refractivity contribution in [2.75, 3.05) is 5.75 Å². The van der Waals surface area contributed by atoms with Gasteiger partial charge in [-0.3, -0.25) is 4.79 Å². The SMILES string of the molecule is CC(C)(CCSc1ccccc1)CC(=O)O. The van der Waals surface area contributed by atoms with Crippen LogP contribution >= 0.6 is 11.8 Å². The molecule has 1 aromatic carbocycles. The summed E-state index contributed by atoms with van der Waals surface area (Å²) >= 11 is 1.78. The molecule has 16 heavy (non-hydrogen) atoms. The van der Waals surface area contributed by atoms with Crippen molar-refractivity contribution in [1.29, 1.82) is 0 Å². The average molecular weight is 238 g/mol. The van der Waals surface area contributed by atoms with Crippen molar-refractivity contribution in [3.8, 4) is 0 Å². The molecular formula is C13H18O2S. The Balaban J connectivity index is 2.32. The fourth-order valence-corrected chi connectivity index (χ4v) is 2.70. The van der Waals surface area contributed by atoms with Gasteiger partial charge in [-0.25, -0.2) is 0 Å². The molecule has 0 atom stereocenters. The molecule has 0 saturated carbocycles. The second kappa shape index (κ2) is 5.94. The highest BCUT2D eigenvalue weighted by molar-refractivity contribution is 7.99. The van der Waals surface area contributed by atoms with Crippen molar-refractivity contribution in [3.63, 3.8) is 0 Å². The van der Waals surface area contributed by atoms with E-state index in [2.05, 4.69) is 12.1 Å². The lowest BCUT2D eigenvalue weighted by atomic mass is 9.87. The van der Waals surface area contributed by atoms with Gasteiger partial charge in [0.05, 0.1) is 6.42 Å². The topological polar surface area (TPSA) is 37.3 Å². The van der Waals surface area contributed by atoms with Gasteiger partial charge < -0.3 is 5.11 Å². The number of carboxylic acids is 1. The Morgan fingerprint density at radius 2 is 1.94 bits per heavy atom. The zero-order chi connectivity index (χ0) is 12.0. The van der Waals surface area contributed by atoms with Crippen LogP contribution in [-0.4, -0.2) is 16.8 Å². The Hall–Kier alpha value is -0.960. The molecule has 2 nitrogen and oxygen atoms in total. The first kappa shape index (κ1) is 13.1. The first-order chi connectivity index (χ1) is 7.49. The molecule has 0 aliphatic carbocycles. The third kappa shape index (κ3) is 5.21. The van der Waals surface area contributed by atoms with Crippen molar-refractivity contribution in [2.24, 2.45) is 5.41 Å². The summed E-state index contributed by atoms with van der Waals surface area (Å²) in [5.41, 5.74) is -0.117. The Morgan fingerprint density at radius 3 is 2.50 bits per heavy atom. The van der Waals surface area contributed by atoms with Crippen LogP contribution in [0.1, 0.15) is 26.7 Å². The molecule has 0 fully saturated rings. The van der Waals surface area contributed by atoms with E-state index in [1.54, 1.807) is 11.8 Å². The number of hydrogen-bond acceptors (Lipinski definition) is 2. The molecular weight excluding hydrogens is 220 g/mol. The van der Waals surface area contributed by atoms with Crippen LogP contribution in [0.15, 0.2) is 35.2 Å². The molecule has 1 rings (SSSR count). The minimum atomic E-state index is -0.713. The maximum atomic E-state index is 10.6. The van der Waals surface area contributed by atoms with Crippen molar-refractivity contribution in [3.05, 3.63) is 30.3 Å². The minimum Gasteiger partial charge on any atom is -0.481 e. The van der Waals surface area contributed by atoms with E-state index in [1.807, 2.05) is 32.0 Å². The van der Waals surface area contributed by atoms with E-state index in [0.29, 0.717) is 0 Å². The monoisotopic (exact) mass is 238 g/mol. The van der Waals surface area contributed by atoms with Crippen LogP contribution in [0.2, 0.25) is 0 Å². The van der Waals surface area contributed by atoms with Crippen LogP contribution in [0.25, 0.3) is 0 Å². The van der Waals surface area contributed by atoms with Gasteiger partial charge >= 0.3 is 5.97 Å². The first-order valence-electron chi connectivity index (χ1n) is 5.39. The second-order valence-electron chi connectivity index (χ2n) is 4.65. The predicted molar refractivity (Wildman–Crippen MR) is 67.8 cm³/mol. The van der Waals surface area contributed by atoms with Crippen LogP contribution in [0.3, 0.4) is 0 Å². The number of rotatable bonds is 6. The number of carboxylic acid groups (broad SMARTS) is 1. The molecule has 0 unspecified atom stereocenters. The fraction of sp³-hybridized carbons (Fsp3) is 0.462. The van der Waals surface area contributed by atoms with Crippen LogP contribution in [0.5, 0.6) is 0 Å². The van der Waals surface area contributed by atoms with Crippen LogP contribution < -0.4 is 0 Å². The maximum Gasteiger partial charge on any atom is 0.303 e. The summed E-state index contributed by atoms with van der Waals surface area (Å²) < 4.78 is 0. The van der Waals surface area contributed by atoms with Gasteiger partial charge in [0.2, 0.25) is 0 Å². The molecule has 0 radical (unpaired) electrons. The molecule has 0 saturated heterocycles. The second-order valence-corrected chi connectivity index (χ2v) is 5.81. The van der Waals surface area contributed by atoms with Crippen LogP contribution in [-0.2, 0) is 4.79 Å². The fourth-order valence-electron chi connectivity index (χ4n) is 1.46. The van der Waals surface area contributed by atoms with Crippen molar-refractivity contribution in [1.82, 2.24) is 0 Å². The van der Waals surface area contributed by atoms with Crippen LogP contribution in [0.4, 0.5) is 0 Å². The van der Waals surface area contributed by atoms with Crippen molar-refractivity contribution >= 4 is 17.7 Å². The molecule has 88 valence electrons. The lowest BCUT2D eigenvalue weighted by Crippen LogP contribution is -2.17. The highest BCUT2D eigenvalue weighted by Gasteiger charge is 2.21. The van der Waals surface area contributed by atoms with E-state index in [0.717, 1.165) is 12.2 Å². The summed E-state index contributed by atoms with van der Waals surface area (Å²) in [6, 6.07) is 10.2. The molecule has 0 amide bonds. The summed E-state index contributed by atoms with van der Waals surface area (Å²) in [4.78, 5) is 11.9. The highest BCUT2D eigenvalue weighted by atomic mass is 32.2. The van der Waals surface area contributed by atoms with E-state index in [1.165, 1.54) is 4.90 Å². The van der Waals surface area contributed by atoms with E-state index in [-0.39, 0.29) is 11.8 Å². The number of thioether (sulfide) groups is 1. The van der Waals surface area contributed by atoms with Gasteiger partial charge in [-0.2, -0.15) is 0 Å². The Labute approximate surface area is 101 Å². The van der Waals surface area contributed by atoms with Gasteiger partial charge in [-0.05, 0) is 29.7 Å². The average Bonchev–Trinajstić information content (AvgIpc) is 2.16. The normalized spacial score (nSPS) is 11.4. The lowest BCUT2D eigenvalue weighted by Gasteiger charge is -2.21. The van der Waals surface area contributed by atoms with E-state index in [9.17, 15) is 4.79 Å². The first-order valence-corrected chi connectivity index (χ1v) is 6.38. The van der Waals surface area contributed by atoms with Gasteiger partial charge in [0.1, 0.15) is 0 Å². The number of aliphatic carboxylic acids is 1. The molecule has 1 N–H and O–H groups in total. The Morgan fingerprint density at radius 1 is 1.31 bits per heavy atom. The van der Waals surface area contributed by atoms with E-state index >= 15 is 0 Å². The summed E-state index contributed by atoms with van der Waals surface area (Å²) in [5, 5.41) is 8.76. The minimum absolute atomic E-state index is 0.117. The molecule has 0 aromatic heterocycles. The zero-order valence-corrected chi connectivity index (χ0v) is 10.6. The molecule has 0 aliphatic rings. The smallest absolute Gasteiger partial charge is 0.303 e. The molecule has 0 spiro atoms. The summed E-state index contributed by atoms with van der Waals surface area (Å²) in [7, 11) is 0. The molecule has 0 bridgehead atoms. The van der Waals surface area contributed by atoms with Gasteiger partial charge in [0.15, 0.2) is 0 Å². The quantitative estimate of drug-likeness (QED) is 0.768. The molecule has 1 aromatic rings. The van der Waals surface area contributed by atoms with Crippen molar-refractivity contribution < 1.29 is 9.90 Å². The Kier molecular flexibility index (Phi) is 4.87. The predicted octanol–water partition coefficient (Wildman–Crippen LogP) is 3.67. The van der Waals surface area contributed by atoms with Crippen LogP contribution in [0, 0.1) is 5.41 Å². The Bertz CT molecular complexity index is 333. The third-order valence-corrected chi connectivity index (χ3v) is 3.43. The molecule has 0 heterocycles. The largest absolute Gasteiger partial charge is 0.481 e. The molecule has 0 aliphatic heterocycles. The van der Waals surface area contributed by atoms with E-state index in [4.69, 9.17) is 5.11 Å².